The van der Waals surface area contributed by atoms with Gasteiger partial charge in [0.25, 0.3) is 0 Å². The maximum Gasteiger partial charge on any atom is 0.149 e. The topological polar surface area (TPSA) is 27.7 Å². The van der Waals surface area contributed by atoms with Gasteiger partial charge in [0.2, 0.25) is 0 Å². The van der Waals surface area contributed by atoms with Crippen molar-refractivity contribution in [2.75, 3.05) is 27.8 Å². The molecule has 3 heteroatoms. The van der Waals surface area contributed by atoms with Gasteiger partial charge >= 0.3 is 0 Å². The molecule has 0 heterocycles. The van der Waals surface area contributed by atoms with Crippen LogP contribution in [0.2, 0.25) is 0 Å². The number of hydrogen-bond donors (Lipinski definition) is 0. The fraction of sp³-hybridized carbons (Fsp3) is 1.00. The van der Waals surface area contributed by atoms with Gasteiger partial charge in [-0.15, -0.1) is 0 Å². The normalized spacial score (nSPS) is 7.33. The SMILES string of the molecule is C.C.COCOCOC. The monoisotopic (exact) mass is 138 g/mol. The second kappa shape index (κ2) is 15.7. The summed E-state index contributed by atoms with van der Waals surface area (Å²) in [6.45, 7) is 0.599. The molecule has 0 N–H and O–H groups in total. The lowest BCUT2D eigenvalue weighted by atomic mass is 11.3. The van der Waals surface area contributed by atoms with Crippen molar-refractivity contribution in [2.45, 2.75) is 14.9 Å². The first-order chi connectivity index (χ1) is 3.41. The van der Waals surface area contributed by atoms with E-state index in [1.807, 2.05) is 0 Å². The van der Waals surface area contributed by atoms with Crippen LogP contribution in [0.1, 0.15) is 14.9 Å². The van der Waals surface area contributed by atoms with Crippen molar-refractivity contribution in [2.24, 2.45) is 0 Å². The second-order valence-corrected chi connectivity index (χ2v) is 1.02. The summed E-state index contributed by atoms with van der Waals surface area (Å²) < 4.78 is 13.8. The third-order valence-electron chi connectivity index (χ3n) is 0.402. The number of rotatable bonds is 4. The number of ether oxygens (including phenoxy) is 3. The van der Waals surface area contributed by atoms with Crippen LogP contribution in [0.15, 0.2) is 0 Å². The average Bonchev–Trinajstić information content (AvgIpc) is 1.69. The van der Waals surface area contributed by atoms with Crippen molar-refractivity contribution in [3.05, 3.63) is 0 Å². The highest BCUT2D eigenvalue weighted by Gasteiger charge is 1.76. The molecule has 0 aliphatic rings. The molecule has 0 aliphatic heterocycles. The van der Waals surface area contributed by atoms with Crippen LogP contribution in [0.4, 0.5) is 0 Å². The molecule has 0 unspecified atom stereocenters. The predicted octanol–water partition coefficient (Wildman–Crippen LogP) is 1.48. The Kier molecular flexibility index (Phi) is 27.8. The Bertz CT molecular complexity index is 27.5. The van der Waals surface area contributed by atoms with E-state index in [1.54, 1.807) is 14.2 Å². The fourth-order valence-corrected chi connectivity index (χ4v) is 0.201. The third kappa shape index (κ3) is 18.1. The van der Waals surface area contributed by atoms with Gasteiger partial charge in [-0.3, -0.25) is 0 Å². The van der Waals surface area contributed by atoms with Crippen LogP contribution in [0.5, 0.6) is 0 Å². The van der Waals surface area contributed by atoms with Crippen molar-refractivity contribution < 1.29 is 14.2 Å². The molecule has 60 valence electrons. The molecule has 0 bridgehead atoms. The van der Waals surface area contributed by atoms with Gasteiger partial charge in [0.1, 0.15) is 13.6 Å². The maximum atomic E-state index is 4.69. The van der Waals surface area contributed by atoms with Crippen molar-refractivity contribution >= 4 is 0 Å². The summed E-state index contributed by atoms with van der Waals surface area (Å²) >= 11 is 0. The largest absolute Gasteiger partial charge is 0.359 e. The maximum absolute atomic E-state index is 4.69. The Morgan fingerprint density at radius 3 is 1.44 bits per heavy atom. The molecule has 0 aromatic heterocycles. The van der Waals surface area contributed by atoms with E-state index in [1.165, 1.54) is 0 Å². The van der Waals surface area contributed by atoms with Gasteiger partial charge < -0.3 is 14.2 Å². The minimum Gasteiger partial charge on any atom is -0.359 e. The predicted molar refractivity (Wildman–Crippen MR) is 38.3 cm³/mol. The summed E-state index contributed by atoms with van der Waals surface area (Å²) in [6, 6.07) is 0. The molecule has 0 aromatic rings. The molecule has 0 radical (unpaired) electrons. The van der Waals surface area contributed by atoms with Crippen LogP contribution in [0, 0.1) is 0 Å². The van der Waals surface area contributed by atoms with Crippen LogP contribution in [-0.4, -0.2) is 27.8 Å². The van der Waals surface area contributed by atoms with E-state index < -0.39 is 0 Å². The Hall–Kier alpha value is -0.120. The van der Waals surface area contributed by atoms with Crippen molar-refractivity contribution in [3.63, 3.8) is 0 Å². The van der Waals surface area contributed by atoms with Gasteiger partial charge in [-0.1, -0.05) is 14.9 Å². The molecule has 0 rings (SSSR count). The van der Waals surface area contributed by atoms with Crippen LogP contribution in [0.25, 0.3) is 0 Å². The summed E-state index contributed by atoms with van der Waals surface area (Å²) in [7, 11) is 3.13. The van der Waals surface area contributed by atoms with Crippen molar-refractivity contribution in [1.29, 1.82) is 0 Å². The smallest absolute Gasteiger partial charge is 0.149 e. The zero-order chi connectivity index (χ0) is 5.54. The summed E-state index contributed by atoms with van der Waals surface area (Å²) in [6.07, 6.45) is 0. The number of hydrogen-bond acceptors (Lipinski definition) is 3. The van der Waals surface area contributed by atoms with E-state index in [-0.39, 0.29) is 14.9 Å². The molecule has 0 saturated heterocycles. The molecule has 0 amide bonds. The molecule has 0 saturated carbocycles. The lowest BCUT2D eigenvalue weighted by molar-refractivity contribution is -0.107. The molecule has 9 heavy (non-hydrogen) atoms. The molecular formula is C6H18O3. The highest BCUT2D eigenvalue weighted by molar-refractivity contribution is 3.95. The lowest BCUT2D eigenvalue weighted by Crippen LogP contribution is -1.98. The van der Waals surface area contributed by atoms with Crippen LogP contribution in [0.3, 0.4) is 0 Å². The molecule has 0 fully saturated rings. The molecule has 0 aliphatic carbocycles. The van der Waals surface area contributed by atoms with E-state index in [4.69, 9.17) is 0 Å². The van der Waals surface area contributed by atoms with E-state index in [2.05, 4.69) is 14.2 Å². The van der Waals surface area contributed by atoms with E-state index in [9.17, 15) is 0 Å². The average molecular weight is 138 g/mol. The van der Waals surface area contributed by atoms with Crippen molar-refractivity contribution in [3.8, 4) is 0 Å². The van der Waals surface area contributed by atoms with Crippen molar-refractivity contribution in [1.82, 2.24) is 0 Å². The zero-order valence-electron chi connectivity index (χ0n) is 4.64. The Balaban J connectivity index is -0.000000180. The van der Waals surface area contributed by atoms with Crippen LogP contribution in [-0.2, 0) is 14.2 Å². The number of methoxy groups -OCH3 is 2. The van der Waals surface area contributed by atoms with Gasteiger partial charge in [-0.05, 0) is 0 Å². The highest BCUT2D eigenvalue weighted by Crippen LogP contribution is 1.72. The minimum absolute atomic E-state index is 0. The zero-order valence-corrected chi connectivity index (χ0v) is 4.64. The second-order valence-electron chi connectivity index (χ2n) is 1.02. The van der Waals surface area contributed by atoms with Crippen LogP contribution < -0.4 is 0 Å². The summed E-state index contributed by atoms with van der Waals surface area (Å²) in [5.74, 6) is 0. The quantitative estimate of drug-likeness (QED) is 0.435. The van der Waals surface area contributed by atoms with Gasteiger partial charge in [0, 0.05) is 14.2 Å². The lowest BCUT2D eigenvalue weighted by Gasteiger charge is -1.97. The molecular weight excluding hydrogens is 120 g/mol. The summed E-state index contributed by atoms with van der Waals surface area (Å²) in [5.41, 5.74) is 0. The summed E-state index contributed by atoms with van der Waals surface area (Å²) in [4.78, 5) is 0. The highest BCUT2D eigenvalue weighted by atomic mass is 16.7. The first-order valence-electron chi connectivity index (χ1n) is 1.97. The van der Waals surface area contributed by atoms with Crippen LogP contribution >= 0.6 is 0 Å². The molecule has 0 spiro atoms. The van der Waals surface area contributed by atoms with E-state index in [0.29, 0.717) is 13.6 Å². The first-order valence-corrected chi connectivity index (χ1v) is 1.97. The van der Waals surface area contributed by atoms with Gasteiger partial charge in [0.15, 0.2) is 0 Å². The Morgan fingerprint density at radius 1 is 0.889 bits per heavy atom. The molecule has 0 aromatic carbocycles. The third-order valence-corrected chi connectivity index (χ3v) is 0.402. The van der Waals surface area contributed by atoms with Gasteiger partial charge in [0.05, 0.1) is 0 Å². The van der Waals surface area contributed by atoms with Gasteiger partial charge in [-0.25, -0.2) is 0 Å². The van der Waals surface area contributed by atoms with Gasteiger partial charge in [-0.2, -0.15) is 0 Å². The summed E-state index contributed by atoms with van der Waals surface area (Å²) in [5, 5.41) is 0. The fourth-order valence-electron chi connectivity index (χ4n) is 0.201. The van der Waals surface area contributed by atoms with E-state index >= 15 is 0 Å². The Labute approximate surface area is 57.9 Å². The van der Waals surface area contributed by atoms with E-state index in [0.717, 1.165) is 0 Å². The molecule has 3 nitrogen and oxygen atoms in total. The minimum atomic E-state index is 0. The standard InChI is InChI=1S/C4H10O3.2CH4/c1-5-3-7-4-6-2;;/h3-4H2,1-2H3;2*1H4. The Morgan fingerprint density at radius 2 is 1.22 bits per heavy atom. The molecule has 0 atom stereocenters. The first kappa shape index (κ1) is 15.9.